The van der Waals surface area contributed by atoms with Crippen LogP contribution < -0.4 is 20.3 Å². The first kappa shape index (κ1) is 22.1. The minimum atomic E-state index is -0.388. The number of methoxy groups -OCH3 is 1. The molecular weight excluding hydrogens is 423 g/mol. The molecule has 1 aliphatic rings. The second kappa shape index (κ2) is 10.0. The molecule has 3 aromatic carbocycles. The van der Waals surface area contributed by atoms with E-state index < -0.39 is 0 Å². The summed E-state index contributed by atoms with van der Waals surface area (Å²) in [5.74, 6) is 0.331. The van der Waals surface area contributed by atoms with Gasteiger partial charge in [0.25, 0.3) is 0 Å². The van der Waals surface area contributed by atoms with Crippen molar-refractivity contribution in [3.8, 4) is 5.75 Å². The van der Waals surface area contributed by atoms with E-state index in [1.807, 2.05) is 0 Å². The summed E-state index contributed by atoms with van der Waals surface area (Å²) in [4.78, 5) is 28.6. The molecule has 7 nitrogen and oxygen atoms in total. The first-order valence-electron chi connectivity index (χ1n) is 10.7. The van der Waals surface area contributed by atoms with E-state index in [1.165, 1.54) is 6.07 Å². The van der Waals surface area contributed by atoms with E-state index in [0.717, 1.165) is 12.1 Å². The molecule has 0 radical (unpaired) electrons. The lowest BCUT2D eigenvalue weighted by Gasteiger charge is -2.35. The number of hydrogen-bond donors (Lipinski definition) is 2. The van der Waals surface area contributed by atoms with Crippen molar-refractivity contribution < 1.29 is 18.7 Å². The number of anilines is 3. The van der Waals surface area contributed by atoms with Crippen molar-refractivity contribution in [3.63, 3.8) is 0 Å². The Morgan fingerprint density at radius 2 is 1.73 bits per heavy atom. The second-order valence-corrected chi connectivity index (χ2v) is 7.66. The Balaban J connectivity index is 1.38. The topological polar surface area (TPSA) is 73.9 Å². The Labute approximate surface area is 191 Å². The first-order chi connectivity index (χ1) is 16.0. The Morgan fingerprint density at radius 3 is 2.48 bits per heavy atom. The highest BCUT2D eigenvalue weighted by Gasteiger charge is 2.27. The molecule has 170 valence electrons. The number of nitrogens with one attached hydrogen (secondary N) is 2. The maximum atomic E-state index is 14.0. The maximum Gasteiger partial charge on any atom is 0.324 e. The highest BCUT2D eigenvalue weighted by Crippen LogP contribution is 2.24. The van der Waals surface area contributed by atoms with Crippen LogP contribution in [0.4, 0.5) is 31.0 Å². The largest absolute Gasteiger partial charge is 0.497 e. The zero-order chi connectivity index (χ0) is 23.2. The van der Waals surface area contributed by atoms with Crippen LogP contribution in [0.2, 0.25) is 0 Å². The summed E-state index contributed by atoms with van der Waals surface area (Å²) >= 11 is 0. The van der Waals surface area contributed by atoms with Crippen LogP contribution >= 0.6 is 0 Å². The summed E-state index contributed by atoms with van der Waals surface area (Å²) in [6.07, 6.45) is 0.781. The quantitative estimate of drug-likeness (QED) is 0.537. The molecule has 0 aromatic heterocycles. The average molecular weight is 448 g/mol. The van der Waals surface area contributed by atoms with Crippen molar-refractivity contribution >= 4 is 29.1 Å². The Hall–Kier alpha value is -4.07. The van der Waals surface area contributed by atoms with Crippen LogP contribution in [0.15, 0.2) is 72.8 Å². The van der Waals surface area contributed by atoms with Crippen molar-refractivity contribution in [1.29, 1.82) is 0 Å². The van der Waals surface area contributed by atoms with E-state index in [1.54, 1.807) is 83.6 Å². The zero-order valence-corrected chi connectivity index (χ0v) is 18.3. The number of halogens is 1. The molecule has 1 fully saturated rings. The normalized spacial score (nSPS) is 13.6. The Bertz CT molecular complexity index is 1140. The number of rotatable bonds is 6. The number of urea groups is 2. The molecule has 0 atom stereocenters. The molecule has 1 saturated heterocycles. The average Bonchev–Trinajstić information content (AvgIpc) is 2.82. The zero-order valence-electron chi connectivity index (χ0n) is 18.3. The van der Waals surface area contributed by atoms with Crippen LogP contribution in [0.5, 0.6) is 5.75 Å². The number of carbonyl (C=O) groups is 2. The number of carbonyl (C=O) groups excluding carboxylic acids is 2. The van der Waals surface area contributed by atoms with Crippen molar-refractivity contribution in [2.45, 2.75) is 13.0 Å². The van der Waals surface area contributed by atoms with E-state index >= 15 is 0 Å². The van der Waals surface area contributed by atoms with Gasteiger partial charge in [0.1, 0.15) is 11.6 Å². The maximum absolute atomic E-state index is 14.0. The summed E-state index contributed by atoms with van der Waals surface area (Å²) in [5.41, 5.74) is 2.41. The molecule has 0 aliphatic carbocycles. The van der Waals surface area contributed by atoms with Crippen LogP contribution in [0.25, 0.3) is 0 Å². The number of amides is 4. The fourth-order valence-corrected chi connectivity index (χ4v) is 3.72. The van der Waals surface area contributed by atoms with Gasteiger partial charge in [0.05, 0.1) is 13.7 Å². The number of benzene rings is 3. The summed E-state index contributed by atoms with van der Waals surface area (Å²) < 4.78 is 19.2. The predicted octanol–water partition coefficient (Wildman–Crippen LogP) is 5.31. The molecule has 0 unspecified atom stereocenters. The van der Waals surface area contributed by atoms with Gasteiger partial charge >= 0.3 is 12.1 Å². The van der Waals surface area contributed by atoms with Crippen LogP contribution in [0, 0.1) is 5.82 Å². The number of hydrogen-bond acceptors (Lipinski definition) is 3. The van der Waals surface area contributed by atoms with E-state index in [0.29, 0.717) is 35.8 Å². The molecule has 3 aromatic rings. The van der Waals surface area contributed by atoms with Gasteiger partial charge in [0, 0.05) is 41.8 Å². The summed E-state index contributed by atoms with van der Waals surface area (Å²) in [6.45, 7) is 1.38. The lowest BCUT2D eigenvalue weighted by atomic mass is 10.1. The van der Waals surface area contributed by atoms with Gasteiger partial charge < -0.3 is 20.3 Å². The van der Waals surface area contributed by atoms with Gasteiger partial charge in [0.2, 0.25) is 0 Å². The molecule has 4 amide bonds. The van der Waals surface area contributed by atoms with E-state index in [9.17, 15) is 14.0 Å². The van der Waals surface area contributed by atoms with E-state index in [2.05, 4.69) is 10.6 Å². The summed E-state index contributed by atoms with van der Waals surface area (Å²) in [5, 5.41) is 5.52. The van der Waals surface area contributed by atoms with Gasteiger partial charge in [0.15, 0.2) is 0 Å². The van der Waals surface area contributed by atoms with Gasteiger partial charge in [-0.25, -0.2) is 14.0 Å². The molecule has 4 rings (SSSR count). The fourth-order valence-electron chi connectivity index (χ4n) is 3.72. The van der Waals surface area contributed by atoms with Crippen LogP contribution in [0.1, 0.15) is 12.0 Å². The van der Waals surface area contributed by atoms with Crippen molar-refractivity contribution in [2.75, 3.05) is 35.7 Å². The Morgan fingerprint density at radius 1 is 0.970 bits per heavy atom. The monoisotopic (exact) mass is 448 g/mol. The predicted molar refractivity (Wildman–Crippen MR) is 126 cm³/mol. The molecule has 1 aliphatic heterocycles. The van der Waals surface area contributed by atoms with Crippen molar-refractivity contribution in [3.05, 3.63) is 84.2 Å². The summed E-state index contributed by atoms with van der Waals surface area (Å²) in [6, 6.07) is 20.0. The smallest absolute Gasteiger partial charge is 0.324 e. The molecule has 8 heteroatoms. The third kappa shape index (κ3) is 5.41. The number of nitrogens with zero attached hydrogens (tertiary/aromatic N) is 2. The highest BCUT2D eigenvalue weighted by atomic mass is 19.1. The van der Waals surface area contributed by atoms with Gasteiger partial charge in [-0.05, 0) is 48.9 Å². The van der Waals surface area contributed by atoms with Crippen LogP contribution in [0.3, 0.4) is 0 Å². The minimum Gasteiger partial charge on any atom is -0.497 e. The summed E-state index contributed by atoms with van der Waals surface area (Å²) in [7, 11) is 1.56. The highest BCUT2D eigenvalue weighted by molar-refractivity contribution is 6.00. The second-order valence-electron chi connectivity index (χ2n) is 7.66. The van der Waals surface area contributed by atoms with Crippen LogP contribution in [-0.2, 0) is 6.54 Å². The Kier molecular flexibility index (Phi) is 6.73. The lowest BCUT2D eigenvalue weighted by Crippen LogP contribution is -2.49. The molecule has 33 heavy (non-hydrogen) atoms. The lowest BCUT2D eigenvalue weighted by molar-refractivity contribution is 0.192. The van der Waals surface area contributed by atoms with Crippen molar-refractivity contribution in [2.24, 2.45) is 0 Å². The van der Waals surface area contributed by atoms with Crippen LogP contribution in [-0.4, -0.2) is 37.2 Å². The molecule has 2 N–H and O–H groups in total. The van der Waals surface area contributed by atoms with E-state index in [4.69, 9.17) is 4.74 Å². The third-order valence-electron chi connectivity index (χ3n) is 5.39. The molecular formula is C25H25FN4O3. The van der Waals surface area contributed by atoms with Gasteiger partial charge in [-0.15, -0.1) is 0 Å². The van der Waals surface area contributed by atoms with Gasteiger partial charge in [-0.3, -0.25) is 4.90 Å². The fraction of sp³-hybridized carbons (Fsp3) is 0.200. The number of ether oxygens (including phenoxy) is 1. The van der Waals surface area contributed by atoms with Gasteiger partial charge in [-0.2, -0.15) is 0 Å². The van der Waals surface area contributed by atoms with Gasteiger partial charge in [-0.1, -0.05) is 24.3 Å². The molecule has 0 spiro atoms. The SMILES string of the molecule is COc1cccc(NC(=O)Nc2ccc(N3CCCN(Cc4ccccc4F)C3=O)cc2)c1. The molecule has 1 heterocycles. The third-order valence-corrected chi connectivity index (χ3v) is 5.39. The van der Waals surface area contributed by atoms with Crippen molar-refractivity contribution in [1.82, 2.24) is 4.90 Å². The molecule has 0 saturated carbocycles. The van der Waals surface area contributed by atoms with E-state index in [-0.39, 0.29) is 24.4 Å². The minimum absolute atomic E-state index is 0.166. The standard InChI is InChI=1S/C25H25FN4O3/c1-33-22-8-4-7-20(16-22)28-24(31)27-19-10-12-21(13-11-19)30-15-5-14-29(25(30)32)17-18-6-2-3-9-23(18)26/h2-4,6-13,16H,5,14-15,17H2,1H3,(H2,27,28,31). The first-order valence-corrected chi connectivity index (χ1v) is 10.7. The molecule has 0 bridgehead atoms.